The van der Waals surface area contributed by atoms with Gasteiger partial charge in [-0.3, -0.25) is 10.1 Å². The Morgan fingerprint density at radius 3 is 2.14 bits per heavy atom. The Kier molecular flexibility index (Phi) is 11.0. The van der Waals surface area contributed by atoms with E-state index in [2.05, 4.69) is 16.0 Å². The number of carbonyl (C=O) groups excluding carboxylic acids is 2. The van der Waals surface area contributed by atoms with Crippen LogP contribution in [-0.4, -0.2) is 55.1 Å². The van der Waals surface area contributed by atoms with Gasteiger partial charge in [0.2, 0.25) is 5.91 Å². The summed E-state index contributed by atoms with van der Waals surface area (Å²) in [5.74, 6) is -0.152. The van der Waals surface area contributed by atoms with Crippen LogP contribution in [0.2, 0.25) is 0 Å². The fourth-order valence-corrected chi connectivity index (χ4v) is 2.43. The molecule has 0 spiro atoms. The smallest absolute Gasteiger partial charge is 0.409 e. The van der Waals surface area contributed by atoms with Gasteiger partial charge in [-0.05, 0) is 81.3 Å². The van der Waals surface area contributed by atoms with Crippen molar-refractivity contribution in [3.63, 3.8) is 0 Å². The molecule has 0 fully saturated rings. The largest absolute Gasteiger partial charge is 0.444 e. The number of rotatable bonds is 12. The van der Waals surface area contributed by atoms with Crippen molar-refractivity contribution in [2.24, 2.45) is 5.73 Å². The van der Waals surface area contributed by atoms with E-state index >= 15 is 0 Å². The van der Waals surface area contributed by atoms with Crippen LogP contribution < -0.4 is 21.7 Å². The number of ether oxygens (including phenoxy) is 2. The van der Waals surface area contributed by atoms with Crippen LogP contribution >= 0.6 is 0 Å². The van der Waals surface area contributed by atoms with Crippen LogP contribution in [0.25, 0.3) is 0 Å². The molecule has 0 aliphatic carbocycles. The first-order valence-corrected chi connectivity index (χ1v) is 10.0. The molecule has 166 valence electrons. The van der Waals surface area contributed by atoms with Gasteiger partial charge in [0.1, 0.15) is 11.3 Å². The predicted octanol–water partition coefficient (Wildman–Crippen LogP) is 2.27. The van der Waals surface area contributed by atoms with Gasteiger partial charge >= 0.3 is 6.09 Å². The molecule has 0 aromatic heterocycles. The van der Waals surface area contributed by atoms with Crippen LogP contribution in [0.4, 0.5) is 4.79 Å². The van der Waals surface area contributed by atoms with Gasteiger partial charge in [0.25, 0.3) is 0 Å². The third kappa shape index (κ3) is 13.7. The molecular weight excluding hydrogens is 360 g/mol. The summed E-state index contributed by atoms with van der Waals surface area (Å²) in [7, 11) is 1.90. The van der Waals surface area contributed by atoms with Crippen molar-refractivity contribution in [1.29, 1.82) is 0 Å². The van der Waals surface area contributed by atoms with E-state index < -0.39 is 29.0 Å². The highest BCUT2D eigenvalue weighted by Crippen LogP contribution is 2.14. The molecule has 0 aliphatic heterocycles. The van der Waals surface area contributed by atoms with E-state index in [0.29, 0.717) is 19.4 Å². The second kappa shape index (κ2) is 11.6. The summed E-state index contributed by atoms with van der Waals surface area (Å²) >= 11 is 0. The average molecular weight is 403 g/mol. The zero-order valence-corrected chi connectivity index (χ0v) is 19.0. The number of alkyl carbamates (subject to hydrolysis) is 1. The maximum absolute atomic E-state index is 12.3. The van der Waals surface area contributed by atoms with Crippen LogP contribution in [0.3, 0.4) is 0 Å². The highest BCUT2D eigenvalue weighted by Gasteiger charge is 2.28. The van der Waals surface area contributed by atoms with Gasteiger partial charge in [-0.1, -0.05) is 6.42 Å². The molecule has 0 heterocycles. The fourth-order valence-electron chi connectivity index (χ4n) is 2.43. The molecule has 1 atom stereocenters. The zero-order chi connectivity index (χ0) is 22.0. The summed E-state index contributed by atoms with van der Waals surface area (Å²) in [5, 5.41) is 8.76. The monoisotopic (exact) mass is 402 g/mol. The Morgan fingerprint density at radius 2 is 1.61 bits per heavy atom. The second-order valence-electron chi connectivity index (χ2n) is 9.31. The highest BCUT2D eigenvalue weighted by molar-refractivity contribution is 5.82. The third-order valence-electron chi connectivity index (χ3n) is 3.98. The van der Waals surface area contributed by atoms with E-state index in [1.54, 1.807) is 34.6 Å². The zero-order valence-electron chi connectivity index (χ0n) is 19.0. The van der Waals surface area contributed by atoms with Crippen molar-refractivity contribution in [3.8, 4) is 0 Å². The molecule has 5 N–H and O–H groups in total. The first-order chi connectivity index (χ1) is 12.7. The lowest BCUT2D eigenvalue weighted by Gasteiger charge is -2.32. The van der Waals surface area contributed by atoms with Gasteiger partial charge in [0, 0.05) is 5.54 Å². The predicted molar refractivity (Wildman–Crippen MR) is 112 cm³/mol. The summed E-state index contributed by atoms with van der Waals surface area (Å²) in [4.78, 5) is 24.2. The van der Waals surface area contributed by atoms with Gasteiger partial charge < -0.3 is 25.8 Å². The van der Waals surface area contributed by atoms with Gasteiger partial charge in [-0.15, -0.1) is 0 Å². The van der Waals surface area contributed by atoms with Crippen molar-refractivity contribution in [2.45, 2.75) is 97.1 Å². The number of nitrogens with two attached hydrogens (primary N) is 1. The molecule has 0 aromatic rings. The quantitative estimate of drug-likeness (QED) is 0.294. The van der Waals surface area contributed by atoms with Crippen molar-refractivity contribution < 1.29 is 19.1 Å². The molecule has 8 nitrogen and oxygen atoms in total. The average Bonchev–Trinajstić information content (AvgIpc) is 2.47. The van der Waals surface area contributed by atoms with Gasteiger partial charge in [-0.25, -0.2) is 4.79 Å². The van der Waals surface area contributed by atoms with E-state index in [4.69, 9.17) is 15.2 Å². The molecule has 0 bridgehead atoms. The minimum absolute atomic E-state index is 0.152. The van der Waals surface area contributed by atoms with Gasteiger partial charge in [0.05, 0.1) is 12.6 Å². The van der Waals surface area contributed by atoms with Crippen molar-refractivity contribution >= 4 is 12.0 Å². The lowest BCUT2D eigenvalue weighted by molar-refractivity contribution is -0.124. The molecule has 0 aromatic carbocycles. The topological polar surface area (TPSA) is 115 Å². The lowest BCUT2D eigenvalue weighted by Crippen LogP contribution is -2.52. The molecule has 1 unspecified atom stereocenters. The summed E-state index contributed by atoms with van der Waals surface area (Å²) < 4.78 is 11.0. The van der Waals surface area contributed by atoms with Crippen molar-refractivity contribution in [1.82, 2.24) is 16.0 Å². The SMILES string of the molecule is CNCCCCC(N)C(=O)NC(C)(C)CCOC(C)(C)NC(=O)OC(C)(C)C. The maximum Gasteiger partial charge on any atom is 0.409 e. The molecule has 0 aliphatic rings. The standard InChI is InChI=1S/C20H42N4O4/c1-18(2,3)28-17(26)24-20(6,7)27-14-12-19(4,5)23-16(25)15(21)11-9-10-13-22-8/h15,22H,9-14,21H2,1-8H3,(H,23,25)(H,24,26). The van der Waals surface area contributed by atoms with Crippen LogP contribution in [0.5, 0.6) is 0 Å². The number of hydrogen-bond acceptors (Lipinski definition) is 6. The molecule has 28 heavy (non-hydrogen) atoms. The Hall–Kier alpha value is -1.38. The van der Waals surface area contributed by atoms with E-state index in [1.807, 2.05) is 20.9 Å². The molecule has 8 heteroatoms. The normalized spacial score (nSPS) is 13.8. The van der Waals surface area contributed by atoms with Crippen molar-refractivity contribution in [3.05, 3.63) is 0 Å². The Morgan fingerprint density at radius 1 is 1.00 bits per heavy atom. The summed E-state index contributed by atoms with van der Waals surface area (Å²) in [6.07, 6.45) is 2.60. The van der Waals surface area contributed by atoms with Gasteiger partial charge in [0.15, 0.2) is 0 Å². The van der Waals surface area contributed by atoms with E-state index in [-0.39, 0.29) is 5.91 Å². The first kappa shape index (κ1) is 26.6. The molecule has 0 rings (SSSR count). The fraction of sp³-hybridized carbons (Fsp3) is 0.900. The molecule has 2 amide bonds. The number of unbranched alkanes of at least 4 members (excludes halogenated alkanes) is 1. The molecular formula is C20H42N4O4. The minimum Gasteiger partial charge on any atom is -0.444 e. The third-order valence-corrected chi connectivity index (χ3v) is 3.98. The molecule has 0 radical (unpaired) electrons. The van der Waals surface area contributed by atoms with Crippen LogP contribution in [0, 0.1) is 0 Å². The number of hydrogen-bond donors (Lipinski definition) is 4. The molecule has 0 saturated heterocycles. The second-order valence-corrected chi connectivity index (χ2v) is 9.31. The van der Waals surface area contributed by atoms with Crippen LogP contribution in [0.1, 0.15) is 74.1 Å². The number of nitrogens with one attached hydrogen (secondary N) is 3. The lowest BCUT2D eigenvalue weighted by atomic mass is 9.99. The van der Waals surface area contributed by atoms with E-state index in [0.717, 1.165) is 19.4 Å². The summed E-state index contributed by atoms with van der Waals surface area (Å²) in [6, 6.07) is -0.512. The highest BCUT2D eigenvalue weighted by atomic mass is 16.6. The maximum atomic E-state index is 12.3. The summed E-state index contributed by atoms with van der Waals surface area (Å²) in [6.45, 7) is 14.0. The van der Waals surface area contributed by atoms with Crippen LogP contribution in [0.15, 0.2) is 0 Å². The Balaban J connectivity index is 4.32. The van der Waals surface area contributed by atoms with Crippen LogP contribution in [-0.2, 0) is 14.3 Å². The Labute approximate surface area is 170 Å². The minimum atomic E-state index is -0.883. The van der Waals surface area contributed by atoms with Crippen molar-refractivity contribution in [2.75, 3.05) is 20.2 Å². The van der Waals surface area contributed by atoms with E-state index in [9.17, 15) is 9.59 Å². The van der Waals surface area contributed by atoms with Gasteiger partial charge in [-0.2, -0.15) is 0 Å². The summed E-state index contributed by atoms with van der Waals surface area (Å²) in [5.41, 5.74) is 4.06. The Bertz CT molecular complexity index is 487. The first-order valence-electron chi connectivity index (χ1n) is 10.0. The molecule has 0 saturated carbocycles. The number of amides is 2. The van der Waals surface area contributed by atoms with E-state index in [1.165, 1.54) is 0 Å². The number of carbonyl (C=O) groups is 2.